The van der Waals surface area contributed by atoms with Gasteiger partial charge in [0, 0.05) is 18.0 Å². The van der Waals surface area contributed by atoms with Crippen LogP contribution in [-0.4, -0.2) is 29.9 Å². The van der Waals surface area contributed by atoms with Crippen molar-refractivity contribution < 1.29 is 0 Å². The van der Waals surface area contributed by atoms with Crippen LogP contribution in [0.4, 0.5) is 0 Å². The minimum atomic E-state index is -0.583. The van der Waals surface area contributed by atoms with Crippen LogP contribution in [-0.2, 0) is 6.54 Å². The van der Waals surface area contributed by atoms with Crippen LogP contribution >= 0.6 is 0 Å². The van der Waals surface area contributed by atoms with Crippen LogP contribution < -0.4 is 11.2 Å². The molecule has 0 saturated carbocycles. The van der Waals surface area contributed by atoms with E-state index < -0.39 is 11.2 Å². The van der Waals surface area contributed by atoms with Crippen LogP contribution in [0.25, 0.3) is 22.5 Å². The van der Waals surface area contributed by atoms with Gasteiger partial charge in [-0.3, -0.25) is 14.5 Å². The molecule has 0 bridgehead atoms. The molecule has 2 N–H and O–H groups in total. The quantitative estimate of drug-likeness (QED) is 0.548. The Hall–Kier alpha value is -4.32. The molecule has 9 nitrogen and oxygen atoms in total. The summed E-state index contributed by atoms with van der Waals surface area (Å²) in [6.45, 7) is 2.36. The SMILES string of the molecule is Cc1nnc(-c2c[nH]c(=O)[nH]c2=O)cc1-c1ccn(Cc2ccc(C#N)cc2)n1. The first kappa shape index (κ1) is 18.1. The van der Waals surface area contributed by atoms with E-state index in [4.69, 9.17) is 5.26 Å². The van der Waals surface area contributed by atoms with Gasteiger partial charge in [-0.25, -0.2) is 4.79 Å². The lowest BCUT2D eigenvalue weighted by atomic mass is 10.1. The number of hydrogen-bond donors (Lipinski definition) is 2. The molecule has 0 saturated heterocycles. The van der Waals surface area contributed by atoms with E-state index in [2.05, 4.69) is 31.3 Å². The molecule has 0 amide bonds. The predicted molar refractivity (Wildman–Crippen MR) is 105 cm³/mol. The van der Waals surface area contributed by atoms with E-state index in [1.807, 2.05) is 31.3 Å². The second-order valence-electron chi connectivity index (χ2n) is 6.42. The Balaban J connectivity index is 1.65. The van der Waals surface area contributed by atoms with Crippen LogP contribution in [0.5, 0.6) is 0 Å². The standard InChI is InChI=1S/C20H15N7O2/c1-12-15(8-18(25-24-12)16-10-22-20(29)23-19(16)28)17-6-7-27(26-17)11-14-4-2-13(9-21)3-5-14/h2-8,10H,11H2,1H3,(H2,22,23,28,29). The summed E-state index contributed by atoms with van der Waals surface area (Å²) in [4.78, 5) is 27.9. The zero-order valence-corrected chi connectivity index (χ0v) is 15.4. The molecule has 1 aromatic carbocycles. The Morgan fingerprint density at radius 1 is 1.07 bits per heavy atom. The van der Waals surface area contributed by atoms with Gasteiger partial charge >= 0.3 is 5.69 Å². The number of hydrogen-bond acceptors (Lipinski definition) is 6. The van der Waals surface area contributed by atoms with Gasteiger partial charge in [0.15, 0.2) is 0 Å². The second-order valence-corrected chi connectivity index (χ2v) is 6.42. The third-order valence-electron chi connectivity index (χ3n) is 4.42. The lowest BCUT2D eigenvalue weighted by molar-refractivity contribution is 0.689. The molecule has 0 atom stereocenters. The average Bonchev–Trinajstić information content (AvgIpc) is 3.17. The van der Waals surface area contributed by atoms with Crippen molar-refractivity contribution >= 4 is 0 Å². The summed E-state index contributed by atoms with van der Waals surface area (Å²) in [6.07, 6.45) is 3.16. The molecule has 3 heterocycles. The smallest absolute Gasteiger partial charge is 0.313 e. The molecule has 142 valence electrons. The predicted octanol–water partition coefficient (Wildman–Crippen LogP) is 1.61. The van der Waals surface area contributed by atoms with Crippen molar-refractivity contribution in [3.05, 3.63) is 86.5 Å². The van der Waals surface area contributed by atoms with E-state index >= 15 is 0 Å². The average molecular weight is 385 g/mol. The summed E-state index contributed by atoms with van der Waals surface area (Å²) in [5.74, 6) is 0. The maximum atomic E-state index is 12.0. The Labute approximate surface area is 164 Å². The molecule has 29 heavy (non-hydrogen) atoms. The van der Waals surface area contributed by atoms with Crippen molar-refractivity contribution in [2.75, 3.05) is 0 Å². The summed E-state index contributed by atoms with van der Waals surface area (Å²) in [5.41, 5.74) is 3.15. The zero-order valence-electron chi connectivity index (χ0n) is 15.4. The molecular formula is C20H15N7O2. The van der Waals surface area contributed by atoms with Gasteiger partial charge in [-0.1, -0.05) is 12.1 Å². The largest absolute Gasteiger partial charge is 0.325 e. The molecule has 0 aliphatic heterocycles. The molecule has 0 aliphatic carbocycles. The van der Waals surface area contributed by atoms with Crippen molar-refractivity contribution in [2.45, 2.75) is 13.5 Å². The van der Waals surface area contributed by atoms with Crippen LogP contribution in [0.1, 0.15) is 16.8 Å². The number of benzene rings is 1. The van der Waals surface area contributed by atoms with E-state index in [9.17, 15) is 9.59 Å². The van der Waals surface area contributed by atoms with E-state index in [1.54, 1.807) is 22.9 Å². The monoisotopic (exact) mass is 385 g/mol. The Kier molecular flexibility index (Phi) is 4.58. The number of nitriles is 1. The topological polar surface area (TPSA) is 133 Å². The van der Waals surface area contributed by atoms with Crippen LogP contribution in [0, 0.1) is 18.3 Å². The first-order chi connectivity index (χ1) is 14.0. The van der Waals surface area contributed by atoms with Crippen molar-refractivity contribution in [1.29, 1.82) is 5.26 Å². The third-order valence-corrected chi connectivity index (χ3v) is 4.42. The van der Waals surface area contributed by atoms with Crippen LogP contribution in [0.2, 0.25) is 0 Å². The third kappa shape index (κ3) is 3.72. The Morgan fingerprint density at radius 3 is 2.59 bits per heavy atom. The molecule has 0 unspecified atom stereocenters. The summed E-state index contributed by atoms with van der Waals surface area (Å²) >= 11 is 0. The van der Waals surface area contributed by atoms with Crippen molar-refractivity contribution in [1.82, 2.24) is 29.9 Å². The van der Waals surface area contributed by atoms with Gasteiger partial charge in [0.25, 0.3) is 5.56 Å². The Bertz CT molecular complexity index is 1340. The highest BCUT2D eigenvalue weighted by atomic mass is 16.2. The molecular weight excluding hydrogens is 370 g/mol. The van der Waals surface area contributed by atoms with Crippen LogP contribution in [0.15, 0.2) is 58.4 Å². The number of aryl methyl sites for hydroxylation is 1. The van der Waals surface area contributed by atoms with E-state index in [1.165, 1.54) is 6.20 Å². The highest BCUT2D eigenvalue weighted by Crippen LogP contribution is 2.23. The van der Waals surface area contributed by atoms with E-state index in [-0.39, 0.29) is 5.56 Å². The lowest BCUT2D eigenvalue weighted by Crippen LogP contribution is -2.22. The number of rotatable bonds is 4. The fourth-order valence-electron chi connectivity index (χ4n) is 2.91. The molecule has 0 spiro atoms. The second kappa shape index (κ2) is 7.36. The summed E-state index contributed by atoms with van der Waals surface area (Å²) in [7, 11) is 0. The summed E-state index contributed by atoms with van der Waals surface area (Å²) in [6, 6.07) is 13.0. The fourth-order valence-corrected chi connectivity index (χ4v) is 2.91. The van der Waals surface area contributed by atoms with Gasteiger partial charge in [0.1, 0.15) is 5.69 Å². The van der Waals surface area contributed by atoms with Gasteiger partial charge in [-0.2, -0.15) is 15.5 Å². The van der Waals surface area contributed by atoms with Gasteiger partial charge in [0.05, 0.1) is 35.1 Å². The highest BCUT2D eigenvalue weighted by molar-refractivity contribution is 5.68. The molecule has 3 aromatic heterocycles. The van der Waals surface area contributed by atoms with Crippen molar-refractivity contribution in [2.24, 2.45) is 0 Å². The van der Waals surface area contributed by atoms with E-state index in [0.29, 0.717) is 29.2 Å². The summed E-state index contributed by atoms with van der Waals surface area (Å²) < 4.78 is 1.78. The summed E-state index contributed by atoms with van der Waals surface area (Å²) in [5, 5.41) is 21.7. The lowest BCUT2D eigenvalue weighted by Gasteiger charge is -2.05. The number of nitrogens with one attached hydrogen (secondary N) is 2. The molecule has 4 rings (SSSR count). The van der Waals surface area contributed by atoms with Crippen molar-refractivity contribution in [3.8, 4) is 28.6 Å². The minimum absolute atomic E-state index is 0.218. The van der Waals surface area contributed by atoms with Crippen LogP contribution in [0.3, 0.4) is 0 Å². The van der Waals surface area contributed by atoms with E-state index in [0.717, 1.165) is 11.1 Å². The fraction of sp³-hybridized carbons (Fsp3) is 0.100. The number of nitrogens with zero attached hydrogens (tertiary/aromatic N) is 5. The number of H-pyrrole nitrogens is 2. The first-order valence-corrected chi connectivity index (χ1v) is 8.73. The molecule has 0 fully saturated rings. The molecule has 0 aliphatic rings. The minimum Gasteiger partial charge on any atom is -0.313 e. The zero-order chi connectivity index (χ0) is 20.4. The maximum Gasteiger partial charge on any atom is 0.325 e. The maximum absolute atomic E-state index is 12.0. The number of aromatic amines is 2. The van der Waals surface area contributed by atoms with Gasteiger partial charge in [-0.15, -0.1) is 5.10 Å². The Morgan fingerprint density at radius 2 is 1.86 bits per heavy atom. The highest BCUT2D eigenvalue weighted by Gasteiger charge is 2.13. The van der Waals surface area contributed by atoms with Gasteiger partial charge in [0.2, 0.25) is 0 Å². The van der Waals surface area contributed by atoms with Crippen molar-refractivity contribution in [3.63, 3.8) is 0 Å². The molecule has 9 heteroatoms. The number of aromatic nitrogens is 6. The molecule has 4 aromatic rings. The molecule has 0 radical (unpaired) electrons. The van der Waals surface area contributed by atoms with Gasteiger partial charge in [-0.05, 0) is 36.8 Å². The first-order valence-electron chi connectivity index (χ1n) is 8.73. The van der Waals surface area contributed by atoms with Gasteiger partial charge < -0.3 is 4.98 Å². The normalized spacial score (nSPS) is 10.6.